The van der Waals surface area contributed by atoms with Gasteiger partial charge in [-0.05, 0) is 101 Å². The van der Waals surface area contributed by atoms with E-state index in [9.17, 15) is 9.59 Å². The van der Waals surface area contributed by atoms with Gasteiger partial charge in [0.15, 0.2) is 5.89 Å². The summed E-state index contributed by atoms with van der Waals surface area (Å²) in [6, 6.07) is 8.02. The van der Waals surface area contributed by atoms with Gasteiger partial charge in [0.2, 0.25) is 5.91 Å². The van der Waals surface area contributed by atoms with E-state index in [0.29, 0.717) is 82.1 Å². The number of aryl methyl sites for hydroxylation is 1. The lowest BCUT2D eigenvalue weighted by molar-refractivity contribution is -0.124. The molecule has 3 saturated carbocycles. The summed E-state index contributed by atoms with van der Waals surface area (Å²) in [4.78, 5) is 45.1. The van der Waals surface area contributed by atoms with Crippen LogP contribution in [0.25, 0.3) is 11.3 Å². The monoisotopic (exact) mass is 701 g/mol. The molecule has 12 heteroatoms. The topological polar surface area (TPSA) is 129 Å². The second kappa shape index (κ2) is 16.1. The SMILES string of the molecule is COCCOC1CN(C(=O)O[C@H]2CC[C@H](C(=O)N(C[C@H]3CC[C@H](c4ccc(OC)c(C)n4)CC3)c3cc(-c4coc(C5CC5)n4)ccn3)CC2)C1. The Morgan fingerprint density at radius 2 is 1.67 bits per heavy atom. The fraction of sp³-hybridized carbons (Fsp3) is 0.615. The van der Waals surface area contributed by atoms with Crippen molar-refractivity contribution in [1.82, 2.24) is 19.9 Å². The number of amides is 2. The van der Waals surface area contributed by atoms with Crippen LogP contribution in [0.5, 0.6) is 5.75 Å². The first-order valence-electron chi connectivity index (χ1n) is 18.7. The Morgan fingerprint density at radius 1 is 0.902 bits per heavy atom. The van der Waals surface area contributed by atoms with Gasteiger partial charge in [0.05, 0.1) is 45.2 Å². The molecular formula is C39H51N5O7. The lowest BCUT2D eigenvalue weighted by atomic mass is 9.79. The number of aromatic nitrogens is 3. The number of oxazole rings is 1. The van der Waals surface area contributed by atoms with Crippen LogP contribution in [0.3, 0.4) is 0 Å². The molecule has 12 nitrogen and oxygen atoms in total. The van der Waals surface area contributed by atoms with Crippen molar-refractivity contribution < 1.29 is 33.0 Å². The van der Waals surface area contributed by atoms with Crippen LogP contribution in [0.15, 0.2) is 41.1 Å². The van der Waals surface area contributed by atoms with Crippen LogP contribution in [0.2, 0.25) is 0 Å². The Morgan fingerprint density at radius 3 is 2.37 bits per heavy atom. The van der Waals surface area contributed by atoms with Gasteiger partial charge in [-0.2, -0.15) is 0 Å². The summed E-state index contributed by atoms with van der Waals surface area (Å²) in [6.45, 7) is 4.72. The standard InChI is InChI=1S/C39H51N5O7/c1-25-35(48-3)15-14-33(41-25)27-6-4-26(5-7-27)21-44(36-20-30(16-17-40-36)34-24-50-37(42-34)28-8-9-28)38(45)29-10-12-31(13-11-29)51-39(46)43-22-32(23-43)49-19-18-47-2/h14-17,20,24,26-29,31-32H,4-13,18-19,21-23H2,1-3H3/t26-,27-,29-,31-. The largest absolute Gasteiger partial charge is 0.495 e. The smallest absolute Gasteiger partial charge is 0.410 e. The minimum absolute atomic E-state index is 0.0297. The van der Waals surface area contributed by atoms with E-state index in [1.165, 1.54) is 0 Å². The van der Waals surface area contributed by atoms with Gasteiger partial charge in [-0.25, -0.2) is 14.8 Å². The second-order valence-electron chi connectivity index (χ2n) is 14.7. The molecule has 7 rings (SSSR count). The molecule has 0 spiro atoms. The number of anilines is 1. The summed E-state index contributed by atoms with van der Waals surface area (Å²) < 4.78 is 27.8. The van der Waals surface area contributed by atoms with Crippen molar-refractivity contribution in [3.8, 4) is 17.0 Å². The summed E-state index contributed by atoms with van der Waals surface area (Å²) in [6.07, 6.45) is 12.0. The molecule has 51 heavy (non-hydrogen) atoms. The molecule has 4 heterocycles. The predicted octanol–water partition coefficient (Wildman–Crippen LogP) is 6.68. The molecule has 0 aromatic carbocycles. The van der Waals surface area contributed by atoms with Crippen molar-refractivity contribution in [2.24, 2.45) is 11.8 Å². The van der Waals surface area contributed by atoms with Crippen LogP contribution < -0.4 is 9.64 Å². The molecule has 0 unspecified atom stereocenters. The summed E-state index contributed by atoms with van der Waals surface area (Å²) in [5.74, 6) is 3.34. The molecule has 1 saturated heterocycles. The average Bonchev–Trinajstić information content (AvgIpc) is 3.87. The van der Waals surface area contributed by atoms with Crippen LogP contribution >= 0.6 is 0 Å². The average molecular weight is 702 g/mol. The number of methoxy groups -OCH3 is 2. The third-order valence-electron chi connectivity index (χ3n) is 11.1. The fourth-order valence-corrected chi connectivity index (χ4v) is 7.73. The minimum Gasteiger partial charge on any atom is -0.495 e. The molecular weight excluding hydrogens is 650 g/mol. The van der Waals surface area contributed by atoms with E-state index in [2.05, 4.69) is 6.07 Å². The number of hydrogen-bond donors (Lipinski definition) is 0. The number of carbonyl (C=O) groups excluding carboxylic acids is 2. The van der Waals surface area contributed by atoms with Crippen molar-refractivity contribution >= 4 is 17.8 Å². The number of hydrogen-bond acceptors (Lipinski definition) is 10. The molecule has 3 aromatic heterocycles. The molecule has 1 aliphatic heterocycles. The molecule has 4 fully saturated rings. The summed E-state index contributed by atoms with van der Waals surface area (Å²) in [5.41, 5.74) is 3.70. The molecule has 2 amide bonds. The van der Waals surface area contributed by atoms with Crippen molar-refractivity contribution in [2.75, 3.05) is 52.0 Å². The van der Waals surface area contributed by atoms with E-state index in [-0.39, 0.29) is 30.1 Å². The predicted molar refractivity (Wildman–Crippen MR) is 190 cm³/mol. The zero-order valence-electron chi connectivity index (χ0n) is 30.1. The van der Waals surface area contributed by atoms with Crippen LogP contribution in [0, 0.1) is 18.8 Å². The lowest BCUT2D eigenvalue weighted by Crippen LogP contribution is -2.55. The Hall–Kier alpha value is -4.03. The van der Waals surface area contributed by atoms with Crippen molar-refractivity contribution in [3.63, 3.8) is 0 Å². The van der Waals surface area contributed by atoms with Gasteiger partial charge < -0.3 is 28.3 Å². The van der Waals surface area contributed by atoms with E-state index >= 15 is 0 Å². The molecule has 3 aliphatic carbocycles. The van der Waals surface area contributed by atoms with Crippen LogP contribution in [-0.2, 0) is 19.0 Å². The van der Waals surface area contributed by atoms with Gasteiger partial charge in [0.1, 0.15) is 29.6 Å². The van der Waals surface area contributed by atoms with Gasteiger partial charge in [0.25, 0.3) is 0 Å². The Balaban J connectivity index is 0.992. The van der Waals surface area contributed by atoms with E-state index in [1.54, 1.807) is 31.6 Å². The highest BCUT2D eigenvalue weighted by atomic mass is 16.6. The zero-order chi connectivity index (χ0) is 35.3. The quantitative estimate of drug-likeness (QED) is 0.178. The van der Waals surface area contributed by atoms with Gasteiger partial charge in [-0.15, -0.1) is 0 Å². The van der Waals surface area contributed by atoms with E-state index in [4.69, 9.17) is 38.3 Å². The fourth-order valence-electron chi connectivity index (χ4n) is 7.73. The normalized spacial score (nSPS) is 23.8. The highest BCUT2D eigenvalue weighted by Gasteiger charge is 2.37. The van der Waals surface area contributed by atoms with E-state index in [0.717, 1.165) is 72.8 Å². The third-order valence-corrected chi connectivity index (χ3v) is 11.1. The van der Waals surface area contributed by atoms with Gasteiger partial charge in [0, 0.05) is 48.9 Å². The number of ether oxygens (including phenoxy) is 4. The summed E-state index contributed by atoms with van der Waals surface area (Å²) in [5, 5.41) is 0. The maximum Gasteiger partial charge on any atom is 0.410 e. The van der Waals surface area contributed by atoms with Gasteiger partial charge >= 0.3 is 6.09 Å². The zero-order valence-corrected chi connectivity index (χ0v) is 30.1. The first kappa shape index (κ1) is 35.4. The third kappa shape index (κ3) is 8.55. The number of rotatable bonds is 13. The molecule has 0 atom stereocenters. The number of pyridine rings is 2. The van der Waals surface area contributed by atoms with Gasteiger partial charge in [-0.1, -0.05) is 0 Å². The molecule has 0 N–H and O–H groups in total. The van der Waals surface area contributed by atoms with Crippen LogP contribution in [0.4, 0.5) is 10.6 Å². The maximum absolute atomic E-state index is 14.4. The maximum atomic E-state index is 14.4. The highest BCUT2D eigenvalue weighted by Crippen LogP contribution is 2.41. The van der Waals surface area contributed by atoms with Crippen LogP contribution in [-0.4, -0.2) is 91.1 Å². The minimum atomic E-state index is -0.299. The van der Waals surface area contributed by atoms with E-state index < -0.39 is 0 Å². The molecule has 4 aliphatic rings. The summed E-state index contributed by atoms with van der Waals surface area (Å²) >= 11 is 0. The Kier molecular flexibility index (Phi) is 11.2. The Bertz CT molecular complexity index is 1640. The van der Waals surface area contributed by atoms with Crippen molar-refractivity contribution in [3.05, 3.63) is 54.0 Å². The molecule has 3 aromatic rings. The lowest BCUT2D eigenvalue weighted by Gasteiger charge is -2.39. The molecule has 0 bridgehead atoms. The molecule has 274 valence electrons. The second-order valence-corrected chi connectivity index (χ2v) is 14.7. The van der Waals surface area contributed by atoms with Crippen LogP contribution in [0.1, 0.15) is 93.3 Å². The first-order valence-corrected chi connectivity index (χ1v) is 18.7. The van der Waals surface area contributed by atoms with E-state index in [1.807, 2.05) is 30.0 Å². The highest BCUT2D eigenvalue weighted by molar-refractivity contribution is 5.94. The number of likely N-dealkylation sites (tertiary alicyclic amines) is 1. The first-order chi connectivity index (χ1) is 24.9. The van der Waals surface area contributed by atoms with Gasteiger partial charge in [-0.3, -0.25) is 14.7 Å². The summed E-state index contributed by atoms with van der Waals surface area (Å²) in [7, 11) is 3.32. The van der Waals surface area contributed by atoms with Crippen molar-refractivity contribution in [2.45, 2.75) is 95.2 Å². The van der Waals surface area contributed by atoms with Crippen molar-refractivity contribution in [1.29, 1.82) is 0 Å². The number of nitrogens with zero attached hydrogens (tertiary/aromatic N) is 5. The number of carbonyl (C=O) groups is 2. The molecule has 0 radical (unpaired) electrons. The Labute approximate surface area is 300 Å².